The number of carbonyl (C=O) groups is 2. The van der Waals surface area contributed by atoms with Gasteiger partial charge in [0.05, 0.1) is 22.5 Å². The molecule has 0 saturated heterocycles. The van der Waals surface area contributed by atoms with E-state index in [1.54, 1.807) is 0 Å². The third-order valence-electron chi connectivity index (χ3n) is 7.05. The van der Waals surface area contributed by atoms with Gasteiger partial charge in [0.15, 0.2) is 0 Å². The van der Waals surface area contributed by atoms with Crippen molar-refractivity contribution in [1.82, 2.24) is 10.6 Å². The molecule has 38 heavy (non-hydrogen) atoms. The van der Waals surface area contributed by atoms with Crippen molar-refractivity contribution in [2.75, 3.05) is 23.9 Å². The van der Waals surface area contributed by atoms with Gasteiger partial charge in [-0.2, -0.15) is 0 Å². The van der Waals surface area contributed by atoms with E-state index in [4.69, 9.17) is 0 Å². The zero-order valence-corrected chi connectivity index (χ0v) is 21.1. The largest absolute Gasteiger partial charge is 0.345 e. The number of hydrogen-bond donors (Lipinski definition) is 2. The van der Waals surface area contributed by atoms with Gasteiger partial charge in [-0.15, -0.1) is 0 Å². The van der Waals surface area contributed by atoms with Crippen LogP contribution >= 0.6 is 0 Å². The molecule has 4 aromatic rings. The summed E-state index contributed by atoms with van der Waals surface area (Å²) in [6.45, 7) is 0. The van der Waals surface area contributed by atoms with Crippen LogP contribution in [0.1, 0.15) is 11.1 Å². The highest BCUT2D eigenvalue weighted by atomic mass is 16.2. The number of nitrogens with one attached hydrogen (secondary N) is 2. The van der Waals surface area contributed by atoms with Crippen LogP contribution in [0.4, 0.5) is 22.7 Å². The molecule has 0 bridgehead atoms. The number of fused-ring (bicyclic) bond motifs is 1. The standard InChI is InChI=1S/C32H26N4O2/c1-35(23-9-5-3-6-10-23)25-17-13-21(14-18-25)29-27-28(32(38)33-29)30(34-31(27)37)22-15-19-26(20-16-22)36(2)24-11-7-4-8-12-24/h3-20H,1-2H3,(H,33,38)(H,34,37). The van der Waals surface area contributed by atoms with Crippen molar-refractivity contribution in [3.63, 3.8) is 0 Å². The van der Waals surface area contributed by atoms with Gasteiger partial charge >= 0.3 is 0 Å². The Balaban J connectivity index is 1.30. The maximum Gasteiger partial charge on any atom is 0.258 e. The minimum atomic E-state index is -0.278. The van der Waals surface area contributed by atoms with Crippen LogP contribution in [-0.2, 0) is 9.59 Å². The van der Waals surface area contributed by atoms with E-state index in [1.165, 1.54) is 0 Å². The first-order valence-corrected chi connectivity index (χ1v) is 12.4. The van der Waals surface area contributed by atoms with Gasteiger partial charge in [0.25, 0.3) is 11.8 Å². The minimum absolute atomic E-state index is 0.278. The van der Waals surface area contributed by atoms with Gasteiger partial charge in [-0.3, -0.25) is 9.59 Å². The molecule has 0 aliphatic carbocycles. The van der Waals surface area contributed by atoms with Gasteiger partial charge < -0.3 is 20.4 Å². The monoisotopic (exact) mass is 498 g/mol. The zero-order chi connectivity index (χ0) is 26.2. The summed E-state index contributed by atoms with van der Waals surface area (Å²) < 4.78 is 0. The van der Waals surface area contributed by atoms with Crippen LogP contribution in [0.15, 0.2) is 120 Å². The fourth-order valence-corrected chi connectivity index (χ4v) is 4.92. The summed E-state index contributed by atoms with van der Waals surface area (Å²) in [6, 6.07) is 35.8. The SMILES string of the molecule is CN(c1ccccc1)c1ccc(C2=C3C(=O)NC(c4ccc(N(C)c5ccccc5)cc4)=C3C(=O)N2)cc1. The molecule has 0 atom stereocenters. The van der Waals surface area contributed by atoms with E-state index in [1.807, 2.05) is 123 Å². The number of para-hydroxylation sites is 2. The third-order valence-corrected chi connectivity index (χ3v) is 7.05. The van der Waals surface area contributed by atoms with Crippen molar-refractivity contribution in [2.45, 2.75) is 0 Å². The van der Waals surface area contributed by atoms with Crippen LogP contribution in [0.25, 0.3) is 11.4 Å². The molecule has 4 aromatic carbocycles. The van der Waals surface area contributed by atoms with Gasteiger partial charge in [0.1, 0.15) is 0 Å². The second-order valence-corrected chi connectivity index (χ2v) is 9.29. The first-order chi connectivity index (χ1) is 18.5. The molecule has 2 N–H and O–H groups in total. The first kappa shape index (κ1) is 23.3. The Hall–Kier alpha value is -5.10. The summed E-state index contributed by atoms with van der Waals surface area (Å²) >= 11 is 0. The molecule has 0 aromatic heterocycles. The Bertz CT molecular complexity index is 1470. The minimum Gasteiger partial charge on any atom is -0.345 e. The number of nitrogens with zero attached hydrogens (tertiary/aromatic N) is 2. The van der Waals surface area contributed by atoms with Crippen LogP contribution in [0.3, 0.4) is 0 Å². The second kappa shape index (κ2) is 9.41. The fourth-order valence-electron chi connectivity index (χ4n) is 4.92. The molecule has 0 saturated carbocycles. The van der Waals surface area contributed by atoms with Gasteiger partial charge in [-0.05, 0) is 59.7 Å². The van der Waals surface area contributed by atoms with E-state index in [0.717, 1.165) is 33.9 Å². The summed E-state index contributed by atoms with van der Waals surface area (Å²) in [6.07, 6.45) is 0. The second-order valence-electron chi connectivity index (χ2n) is 9.29. The van der Waals surface area contributed by atoms with E-state index in [-0.39, 0.29) is 11.8 Å². The molecule has 6 heteroatoms. The lowest BCUT2D eigenvalue weighted by Crippen LogP contribution is -2.21. The van der Waals surface area contributed by atoms with E-state index in [2.05, 4.69) is 20.4 Å². The number of benzene rings is 4. The maximum absolute atomic E-state index is 13.1. The molecule has 0 fully saturated rings. The Morgan fingerprint density at radius 2 is 0.763 bits per heavy atom. The highest BCUT2D eigenvalue weighted by Crippen LogP contribution is 2.38. The summed E-state index contributed by atoms with van der Waals surface area (Å²) in [5.41, 5.74) is 7.56. The molecular formula is C32H26N4O2. The van der Waals surface area contributed by atoms with Crippen molar-refractivity contribution >= 4 is 46.0 Å². The number of rotatable bonds is 6. The molecule has 186 valence electrons. The Kier molecular flexibility index (Phi) is 5.77. The highest BCUT2D eigenvalue weighted by Gasteiger charge is 2.40. The van der Waals surface area contributed by atoms with Gasteiger partial charge in [0.2, 0.25) is 0 Å². The average Bonchev–Trinajstić information content (AvgIpc) is 3.51. The number of amides is 2. The van der Waals surface area contributed by atoms with E-state index in [0.29, 0.717) is 22.5 Å². The van der Waals surface area contributed by atoms with Crippen LogP contribution in [0, 0.1) is 0 Å². The molecular weight excluding hydrogens is 472 g/mol. The molecule has 6 nitrogen and oxygen atoms in total. The summed E-state index contributed by atoms with van der Waals surface area (Å²) in [7, 11) is 4.01. The van der Waals surface area contributed by atoms with Crippen molar-refractivity contribution in [2.24, 2.45) is 0 Å². The van der Waals surface area contributed by atoms with E-state index < -0.39 is 0 Å². The first-order valence-electron chi connectivity index (χ1n) is 12.4. The summed E-state index contributed by atoms with van der Waals surface area (Å²) in [5, 5.41) is 5.87. The molecule has 6 rings (SSSR count). The van der Waals surface area contributed by atoms with Crippen LogP contribution in [0.5, 0.6) is 0 Å². The average molecular weight is 499 g/mol. The van der Waals surface area contributed by atoms with Crippen LogP contribution < -0.4 is 20.4 Å². The fraction of sp³-hybridized carbons (Fsp3) is 0.0625. The molecule has 2 amide bonds. The lowest BCUT2D eigenvalue weighted by atomic mass is 10.0. The lowest BCUT2D eigenvalue weighted by Gasteiger charge is -2.20. The zero-order valence-electron chi connectivity index (χ0n) is 21.1. The number of hydrogen-bond acceptors (Lipinski definition) is 4. The molecule has 2 aliphatic heterocycles. The smallest absolute Gasteiger partial charge is 0.258 e. The summed E-state index contributed by atoms with van der Waals surface area (Å²) in [5.74, 6) is -0.557. The van der Waals surface area contributed by atoms with Gasteiger partial charge in [-0.1, -0.05) is 60.7 Å². The molecule has 0 unspecified atom stereocenters. The van der Waals surface area contributed by atoms with E-state index in [9.17, 15) is 9.59 Å². The van der Waals surface area contributed by atoms with Gasteiger partial charge in [0, 0.05) is 36.8 Å². The van der Waals surface area contributed by atoms with Crippen LogP contribution in [-0.4, -0.2) is 25.9 Å². The normalized spacial score (nSPS) is 14.4. The molecule has 0 spiro atoms. The van der Waals surface area contributed by atoms with Crippen molar-refractivity contribution in [1.29, 1.82) is 0 Å². The quantitative estimate of drug-likeness (QED) is 0.363. The maximum atomic E-state index is 13.1. The topological polar surface area (TPSA) is 64.7 Å². The number of anilines is 4. The van der Waals surface area contributed by atoms with Crippen LogP contribution in [0.2, 0.25) is 0 Å². The van der Waals surface area contributed by atoms with Crippen molar-refractivity contribution in [3.05, 3.63) is 131 Å². The summed E-state index contributed by atoms with van der Waals surface area (Å²) in [4.78, 5) is 30.3. The predicted octanol–water partition coefficient (Wildman–Crippen LogP) is 5.60. The lowest BCUT2D eigenvalue weighted by molar-refractivity contribution is -0.117. The van der Waals surface area contributed by atoms with E-state index >= 15 is 0 Å². The Morgan fingerprint density at radius 3 is 1.11 bits per heavy atom. The Labute approximate surface area is 221 Å². The molecule has 2 aliphatic rings. The number of carbonyl (C=O) groups excluding carboxylic acids is 2. The third kappa shape index (κ3) is 4.02. The molecule has 0 radical (unpaired) electrons. The van der Waals surface area contributed by atoms with Gasteiger partial charge in [-0.25, -0.2) is 0 Å². The van der Waals surface area contributed by atoms with Crippen molar-refractivity contribution in [3.8, 4) is 0 Å². The Morgan fingerprint density at radius 1 is 0.447 bits per heavy atom. The highest BCUT2D eigenvalue weighted by molar-refractivity contribution is 6.30. The predicted molar refractivity (Wildman–Crippen MR) is 152 cm³/mol. The molecule has 2 heterocycles. The van der Waals surface area contributed by atoms with Crippen molar-refractivity contribution < 1.29 is 9.59 Å².